The second-order valence-corrected chi connectivity index (χ2v) is 5.48. The van der Waals surface area contributed by atoms with E-state index in [0.717, 1.165) is 37.7 Å². The number of hydrogen-bond donors (Lipinski definition) is 1. The molecule has 0 bridgehead atoms. The van der Waals surface area contributed by atoms with Crippen molar-refractivity contribution in [1.82, 2.24) is 15.2 Å². The van der Waals surface area contributed by atoms with Crippen LogP contribution in [0, 0.1) is 0 Å². The van der Waals surface area contributed by atoms with Crippen LogP contribution in [0.3, 0.4) is 0 Å². The Bertz CT molecular complexity index is 667. The van der Waals surface area contributed by atoms with E-state index < -0.39 is 0 Å². The average molecular weight is 326 g/mol. The molecule has 24 heavy (non-hydrogen) atoms. The van der Waals surface area contributed by atoms with E-state index in [0.29, 0.717) is 12.5 Å². The summed E-state index contributed by atoms with van der Waals surface area (Å²) in [6, 6.07) is 8.16. The molecule has 7 nitrogen and oxygen atoms in total. The Labute approximate surface area is 142 Å². The summed E-state index contributed by atoms with van der Waals surface area (Å²) in [7, 11) is 1.68. The first-order chi connectivity index (χ1) is 11.8. The van der Waals surface area contributed by atoms with Crippen LogP contribution in [0.2, 0.25) is 0 Å². The molecule has 1 N–H and O–H groups in total. The lowest BCUT2D eigenvalue weighted by Gasteiger charge is -2.36. The third-order valence-electron chi connectivity index (χ3n) is 3.98. The number of nitrogens with zero attached hydrogens (tertiary/aromatic N) is 5. The summed E-state index contributed by atoms with van der Waals surface area (Å²) >= 11 is 0. The molecule has 126 valence electrons. The zero-order chi connectivity index (χ0) is 16.8. The Morgan fingerprint density at radius 3 is 2.54 bits per heavy atom. The van der Waals surface area contributed by atoms with Gasteiger partial charge >= 0.3 is 0 Å². The van der Waals surface area contributed by atoms with Gasteiger partial charge in [-0.15, -0.1) is 11.7 Å². The summed E-state index contributed by atoms with van der Waals surface area (Å²) in [6.07, 6.45) is 3.41. The van der Waals surface area contributed by atoms with Gasteiger partial charge in [-0.2, -0.15) is 10.1 Å². The SMILES string of the molecule is C=CCNc1cnnc(N2CCN(c3ccc(OC)cc3)CC2)n1. The molecule has 0 radical (unpaired) electrons. The Morgan fingerprint density at radius 1 is 1.17 bits per heavy atom. The van der Waals surface area contributed by atoms with Crippen molar-refractivity contribution in [3.8, 4) is 5.75 Å². The normalized spacial score (nSPS) is 14.4. The topological polar surface area (TPSA) is 66.4 Å². The van der Waals surface area contributed by atoms with E-state index in [1.54, 1.807) is 19.4 Å². The zero-order valence-corrected chi connectivity index (χ0v) is 13.9. The maximum Gasteiger partial charge on any atom is 0.247 e. The van der Waals surface area contributed by atoms with Gasteiger partial charge < -0.3 is 19.9 Å². The van der Waals surface area contributed by atoms with Crippen molar-refractivity contribution in [3.05, 3.63) is 43.1 Å². The zero-order valence-electron chi connectivity index (χ0n) is 13.9. The molecule has 1 aromatic carbocycles. The number of benzene rings is 1. The molecule has 7 heteroatoms. The molecule has 0 unspecified atom stereocenters. The molecule has 1 aliphatic heterocycles. The summed E-state index contributed by atoms with van der Waals surface area (Å²) in [5.41, 5.74) is 1.20. The number of hydrogen-bond acceptors (Lipinski definition) is 7. The van der Waals surface area contributed by atoms with Crippen molar-refractivity contribution in [1.29, 1.82) is 0 Å². The molecule has 1 fully saturated rings. The van der Waals surface area contributed by atoms with E-state index in [9.17, 15) is 0 Å². The van der Waals surface area contributed by atoms with Gasteiger partial charge in [0.15, 0.2) is 5.82 Å². The van der Waals surface area contributed by atoms with E-state index in [1.807, 2.05) is 12.1 Å². The van der Waals surface area contributed by atoms with Gasteiger partial charge in [0.1, 0.15) is 5.75 Å². The fourth-order valence-corrected chi connectivity index (χ4v) is 2.65. The van der Waals surface area contributed by atoms with Crippen molar-refractivity contribution in [3.63, 3.8) is 0 Å². The van der Waals surface area contributed by atoms with Crippen LogP contribution in [0.25, 0.3) is 0 Å². The second kappa shape index (κ2) is 7.63. The molecule has 0 amide bonds. The summed E-state index contributed by atoms with van der Waals surface area (Å²) in [4.78, 5) is 9.02. The van der Waals surface area contributed by atoms with E-state index in [2.05, 4.69) is 49.0 Å². The Kier molecular flexibility index (Phi) is 5.10. The van der Waals surface area contributed by atoms with Crippen LogP contribution in [0.1, 0.15) is 0 Å². The van der Waals surface area contributed by atoms with Crippen LogP contribution in [-0.4, -0.2) is 55.0 Å². The molecular weight excluding hydrogens is 304 g/mol. The van der Waals surface area contributed by atoms with Crippen LogP contribution in [0.5, 0.6) is 5.75 Å². The minimum absolute atomic E-state index is 0.656. The summed E-state index contributed by atoms with van der Waals surface area (Å²) < 4.78 is 5.21. The highest BCUT2D eigenvalue weighted by Crippen LogP contribution is 2.21. The fourth-order valence-electron chi connectivity index (χ4n) is 2.65. The van der Waals surface area contributed by atoms with Crippen molar-refractivity contribution in [2.45, 2.75) is 0 Å². The van der Waals surface area contributed by atoms with E-state index >= 15 is 0 Å². The standard InChI is InChI=1S/C17H22N6O/c1-3-8-18-16-13-19-21-17(20-16)23-11-9-22(10-12-23)14-4-6-15(24-2)7-5-14/h3-7,13H,1,8-12H2,2H3,(H,18,20,21). The highest BCUT2D eigenvalue weighted by molar-refractivity contribution is 5.51. The first-order valence-corrected chi connectivity index (χ1v) is 7.98. The van der Waals surface area contributed by atoms with Crippen molar-refractivity contribution >= 4 is 17.5 Å². The van der Waals surface area contributed by atoms with Gasteiger partial charge in [0, 0.05) is 38.4 Å². The fraction of sp³-hybridized carbons (Fsp3) is 0.353. The average Bonchev–Trinajstić information content (AvgIpc) is 2.67. The van der Waals surface area contributed by atoms with E-state index in [1.165, 1.54) is 5.69 Å². The molecule has 2 aromatic rings. The highest BCUT2D eigenvalue weighted by atomic mass is 16.5. The van der Waals surface area contributed by atoms with Crippen LogP contribution in [0.15, 0.2) is 43.1 Å². The maximum absolute atomic E-state index is 5.21. The quantitative estimate of drug-likeness (QED) is 0.812. The predicted octanol–water partition coefficient (Wildman–Crippen LogP) is 1.80. The van der Waals surface area contributed by atoms with Crippen molar-refractivity contribution < 1.29 is 4.74 Å². The predicted molar refractivity (Wildman–Crippen MR) is 95.9 cm³/mol. The maximum atomic E-state index is 5.21. The smallest absolute Gasteiger partial charge is 0.247 e. The molecule has 0 aliphatic carbocycles. The van der Waals surface area contributed by atoms with Crippen LogP contribution in [-0.2, 0) is 0 Å². The lowest BCUT2D eigenvalue weighted by molar-refractivity contribution is 0.415. The van der Waals surface area contributed by atoms with Gasteiger partial charge in [0.25, 0.3) is 0 Å². The minimum Gasteiger partial charge on any atom is -0.497 e. The Hall–Kier alpha value is -2.83. The van der Waals surface area contributed by atoms with Gasteiger partial charge in [-0.05, 0) is 24.3 Å². The molecule has 0 saturated carbocycles. The van der Waals surface area contributed by atoms with Gasteiger partial charge in [0.2, 0.25) is 5.95 Å². The number of methoxy groups -OCH3 is 1. The molecule has 1 aliphatic rings. The molecule has 3 rings (SSSR count). The highest BCUT2D eigenvalue weighted by Gasteiger charge is 2.19. The van der Waals surface area contributed by atoms with Gasteiger partial charge in [-0.25, -0.2) is 0 Å². The van der Waals surface area contributed by atoms with E-state index in [4.69, 9.17) is 4.74 Å². The van der Waals surface area contributed by atoms with Crippen LogP contribution < -0.4 is 19.9 Å². The van der Waals surface area contributed by atoms with Gasteiger partial charge in [-0.1, -0.05) is 6.08 Å². The van der Waals surface area contributed by atoms with Crippen molar-refractivity contribution in [2.75, 3.05) is 55.0 Å². The number of aromatic nitrogens is 3. The molecule has 0 atom stereocenters. The lowest BCUT2D eigenvalue weighted by atomic mass is 10.2. The summed E-state index contributed by atoms with van der Waals surface area (Å²) in [5, 5.41) is 11.3. The van der Waals surface area contributed by atoms with Gasteiger partial charge in [0.05, 0.1) is 13.3 Å². The third kappa shape index (κ3) is 3.73. The number of anilines is 3. The van der Waals surface area contributed by atoms with Crippen LogP contribution in [0.4, 0.5) is 17.5 Å². The van der Waals surface area contributed by atoms with E-state index in [-0.39, 0.29) is 0 Å². The molecular formula is C17H22N6O. The first kappa shape index (κ1) is 16.0. The number of nitrogens with one attached hydrogen (secondary N) is 1. The largest absolute Gasteiger partial charge is 0.497 e. The Balaban J connectivity index is 1.61. The summed E-state index contributed by atoms with van der Waals surface area (Å²) in [5.74, 6) is 2.26. The molecule has 1 aromatic heterocycles. The Morgan fingerprint density at radius 2 is 1.88 bits per heavy atom. The molecule has 1 saturated heterocycles. The third-order valence-corrected chi connectivity index (χ3v) is 3.98. The number of ether oxygens (including phenoxy) is 1. The lowest BCUT2D eigenvalue weighted by Crippen LogP contribution is -2.47. The number of rotatable bonds is 6. The van der Waals surface area contributed by atoms with Crippen molar-refractivity contribution in [2.24, 2.45) is 0 Å². The molecule has 0 spiro atoms. The minimum atomic E-state index is 0.656. The first-order valence-electron chi connectivity index (χ1n) is 7.98. The summed E-state index contributed by atoms with van der Waals surface area (Å²) in [6.45, 7) is 7.89. The number of piperazine rings is 1. The van der Waals surface area contributed by atoms with Gasteiger partial charge in [-0.3, -0.25) is 0 Å². The molecule has 2 heterocycles. The second-order valence-electron chi connectivity index (χ2n) is 5.48. The monoisotopic (exact) mass is 326 g/mol. The van der Waals surface area contributed by atoms with Crippen LogP contribution >= 0.6 is 0 Å².